The van der Waals surface area contributed by atoms with Crippen LogP contribution in [0.1, 0.15) is 19.8 Å². The number of halogens is 1. The third kappa shape index (κ3) is 4.82. The molecule has 0 aliphatic carbocycles. The highest BCUT2D eigenvalue weighted by Gasteiger charge is 2.25. The first-order chi connectivity index (χ1) is 13.4. The lowest BCUT2D eigenvalue weighted by Crippen LogP contribution is -2.43. The van der Waals surface area contributed by atoms with Gasteiger partial charge < -0.3 is 10.2 Å². The molecule has 1 aliphatic heterocycles. The van der Waals surface area contributed by atoms with Gasteiger partial charge in [-0.05, 0) is 43.2 Å². The monoisotopic (exact) mass is 386 g/mol. The van der Waals surface area contributed by atoms with Crippen molar-refractivity contribution >= 4 is 11.8 Å². The molecule has 148 valence electrons. The van der Waals surface area contributed by atoms with Crippen molar-refractivity contribution in [3.05, 3.63) is 52.6 Å². The van der Waals surface area contributed by atoms with Crippen molar-refractivity contribution in [2.45, 2.75) is 26.3 Å². The first kappa shape index (κ1) is 19.7. The molecule has 2 amide bonds. The summed E-state index contributed by atoms with van der Waals surface area (Å²) in [4.78, 5) is 37.4. The van der Waals surface area contributed by atoms with Gasteiger partial charge in [0.2, 0.25) is 11.8 Å². The number of rotatable bonds is 5. The highest BCUT2D eigenvalue weighted by Crippen LogP contribution is 2.17. The predicted octanol–water partition coefficient (Wildman–Crippen LogP) is 1.42. The maximum Gasteiger partial charge on any atom is 0.266 e. The predicted molar refractivity (Wildman–Crippen MR) is 102 cm³/mol. The van der Waals surface area contributed by atoms with Crippen LogP contribution < -0.4 is 10.9 Å². The number of carbonyl (C=O) groups excluding carboxylic acids is 2. The molecule has 1 saturated heterocycles. The van der Waals surface area contributed by atoms with Crippen molar-refractivity contribution in [3.63, 3.8) is 0 Å². The Labute approximate surface area is 162 Å². The number of amides is 2. The third-order valence-electron chi connectivity index (χ3n) is 4.94. The van der Waals surface area contributed by atoms with Crippen LogP contribution in [0.15, 0.2) is 41.2 Å². The molecule has 8 heteroatoms. The Morgan fingerprint density at radius 3 is 2.46 bits per heavy atom. The lowest BCUT2D eigenvalue weighted by atomic mass is 9.96. The average Bonchev–Trinajstić information content (AvgIpc) is 2.70. The Hall–Kier alpha value is -3.03. The molecular formula is C20H23FN4O3. The number of nitrogens with zero attached hydrogens (tertiary/aromatic N) is 3. The summed E-state index contributed by atoms with van der Waals surface area (Å²) in [5, 5.41) is 7.14. The highest BCUT2D eigenvalue weighted by molar-refractivity contribution is 5.79. The van der Waals surface area contributed by atoms with Gasteiger partial charge in [0, 0.05) is 44.1 Å². The van der Waals surface area contributed by atoms with Crippen LogP contribution >= 0.6 is 0 Å². The van der Waals surface area contributed by atoms with E-state index in [1.165, 1.54) is 29.8 Å². The summed E-state index contributed by atoms with van der Waals surface area (Å²) in [6.45, 7) is 3.24. The number of benzene rings is 1. The van der Waals surface area contributed by atoms with Crippen LogP contribution in [0.4, 0.5) is 4.39 Å². The number of nitrogens with one attached hydrogen (secondary N) is 1. The molecule has 7 nitrogen and oxygen atoms in total. The molecule has 0 spiro atoms. The number of hydrogen-bond acceptors (Lipinski definition) is 4. The SMILES string of the molecule is CC(=O)N1CCC(C(=O)NCCn2nc(-c3ccc(F)cc3)ccc2=O)CC1. The number of carbonyl (C=O) groups is 2. The van der Waals surface area contributed by atoms with Crippen molar-refractivity contribution in [2.75, 3.05) is 19.6 Å². The first-order valence-electron chi connectivity index (χ1n) is 9.31. The van der Waals surface area contributed by atoms with E-state index >= 15 is 0 Å². The van der Waals surface area contributed by atoms with E-state index in [0.717, 1.165) is 0 Å². The van der Waals surface area contributed by atoms with Crippen molar-refractivity contribution in [2.24, 2.45) is 5.92 Å². The van der Waals surface area contributed by atoms with Crippen LogP contribution in [0, 0.1) is 11.7 Å². The molecule has 1 aromatic carbocycles. The second-order valence-corrected chi connectivity index (χ2v) is 6.86. The van der Waals surface area contributed by atoms with E-state index in [9.17, 15) is 18.8 Å². The Morgan fingerprint density at radius 1 is 1.14 bits per heavy atom. The van der Waals surface area contributed by atoms with Crippen molar-refractivity contribution in [1.29, 1.82) is 0 Å². The Balaban J connectivity index is 1.55. The van der Waals surface area contributed by atoms with Crippen LogP contribution in [0.25, 0.3) is 11.3 Å². The van der Waals surface area contributed by atoms with Gasteiger partial charge in [-0.2, -0.15) is 5.10 Å². The fourth-order valence-electron chi connectivity index (χ4n) is 3.27. The summed E-state index contributed by atoms with van der Waals surface area (Å²) >= 11 is 0. The second kappa shape index (κ2) is 8.77. The molecule has 0 radical (unpaired) electrons. The average molecular weight is 386 g/mol. The molecular weight excluding hydrogens is 363 g/mol. The minimum absolute atomic E-state index is 0.0327. The summed E-state index contributed by atoms with van der Waals surface area (Å²) in [7, 11) is 0. The van der Waals surface area contributed by atoms with Gasteiger partial charge in [-0.3, -0.25) is 14.4 Å². The summed E-state index contributed by atoms with van der Waals surface area (Å²) in [5.41, 5.74) is 0.994. The van der Waals surface area contributed by atoms with Gasteiger partial charge in [-0.25, -0.2) is 9.07 Å². The number of likely N-dealkylation sites (tertiary alicyclic amines) is 1. The number of aromatic nitrogens is 2. The molecule has 1 N–H and O–H groups in total. The zero-order valence-electron chi connectivity index (χ0n) is 15.7. The lowest BCUT2D eigenvalue weighted by Gasteiger charge is -2.30. The van der Waals surface area contributed by atoms with E-state index in [0.29, 0.717) is 37.2 Å². The molecule has 2 aromatic rings. The molecule has 2 heterocycles. The Kier molecular flexibility index (Phi) is 6.18. The van der Waals surface area contributed by atoms with E-state index in [-0.39, 0.29) is 42.2 Å². The molecule has 0 saturated carbocycles. The van der Waals surface area contributed by atoms with Crippen LogP contribution in [-0.2, 0) is 16.1 Å². The maximum absolute atomic E-state index is 13.1. The summed E-state index contributed by atoms with van der Waals surface area (Å²) < 4.78 is 14.4. The Morgan fingerprint density at radius 2 is 1.82 bits per heavy atom. The van der Waals surface area contributed by atoms with Gasteiger partial charge in [0.1, 0.15) is 5.82 Å². The zero-order chi connectivity index (χ0) is 20.1. The molecule has 0 atom stereocenters. The van der Waals surface area contributed by atoms with E-state index < -0.39 is 0 Å². The van der Waals surface area contributed by atoms with Gasteiger partial charge in [-0.1, -0.05) is 0 Å². The van der Waals surface area contributed by atoms with Crippen LogP contribution in [0.5, 0.6) is 0 Å². The quantitative estimate of drug-likeness (QED) is 0.842. The van der Waals surface area contributed by atoms with Crippen LogP contribution in [-0.4, -0.2) is 46.1 Å². The summed E-state index contributed by atoms with van der Waals surface area (Å²) in [6.07, 6.45) is 1.29. The van der Waals surface area contributed by atoms with Gasteiger partial charge >= 0.3 is 0 Å². The van der Waals surface area contributed by atoms with Gasteiger partial charge in [0.15, 0.2) is 0 Å². The molecule has 28 heavy (non-hydrogen) atoms. The largest absolute Gasteiger partial charge is 0.354 e. The second-order valence-electron chi connectivity index (χ2n) is 6.86. The van der Waals surface area contributed by atoms with Gasteiger partial charge in [0.05, 0.1) is 12.2 Å². The summed E-state index contributed by atoms with van der Waals surface area (Å²) in [6, 6.07) is 8.87. The summed E-state index contributed by atoms with van der Waals surface area (Å²) in [5.74, 6) is -0.490. The van der Waals surface area contributed by atoms with E-state index in [1.807, 2.05) is 0 Å². The highest BCUT2D eigenvalue weighted by atomic mass is 19.1. The number of hydrogen-bond donors (Lipinski definition) is 1. The molecule has 1 fully saturated rings. The van der Waals surface area contributed by atoms with Gasteiger partial charge in [-0.15, -0.1) is 0 Å². The first-order valence-corrected chi connectivity index (χ1v) is 9.31. The van der Waals surface area contributed by atoms with E-state index in [2.05, 4.69) is 10.4 Å². The minimum atomic E-state index is -0.339. The molecule has 1 aliphatic rings. The standard InChI is InChI=1S/C20H23FN4O3/c1-14(26)24-11-8-16(9-12-24)20(28)22-10-13-25-19(27)7-6-18(23-25)15-2-4-17(21)5-3-15/h2-7,16H,8-13H2,1H3,(H,22,28). The van der Waals surface area contributed by atoms with Crippen molar-refractivity contribution in [1.82, 2.24) is 20.0 Å². The Bertz CT molecular complexity index is 902. The van der Waals surface area contributed by atoms with Crippen molar-refractivity contribution in [3.8, 4) is 11.3 Å². The van der Waals surface area contributed by atoms with Crippen molar-refractivity contribution < 1.29 is 14.0 Å². The van der Waals surface area contributed by atoms with Gasteiger partial charge in [0.25, 0.3) is 5.56 Å². The molecule has 0 bridgehead atoms. The number of piperidine rings is 1. The minimum Gasteiger partial charge on any atom is -0.354 e. The fourth-order valence-corrected chi connectivity index (χ4v) is 3.27. The zero-order valence-corrected chi connectivity index (χ0v) is 15.7. The maximum atomic E-state index is 13.1. The normalized spacial score (nSPS) is 14.7. The smallest absolute Gasteiger partial charge is 0.266 e. The fraction of sp³-hybridized carbons (Fsp3) is 0.400. The molecule has 3 rings (SSSR count). The third-order valence-corrected chi connectivity index (χ3v) is 4.94. The van der Waals surface area contributed by atoms with Crippen LogP contribution in [0.2, 0.25) is 0 Å². The molecule has 1 aromatic heterocycles. The van der Waals surface area contributed by atoms with E-state index in [4.69, 9.17) is 0 Å². The van der Waals surface area contributed by atoms with Crippen LogP contribution in [0.3, 0.4) is 0 Å². The lowest BCUT2D eigenvalue weighted by molar-refractivity contribution is -0.133. The molecule has 0 unspecified atom stereocenters. The van der Waals surface area contributed by atoms with E-state index in [1.54, 1.807) is 23.1 Å². The topological polar surface area (TPSA) is 84.3 Å².